The Morgan fingerprint density at radius 1 is 1.24 bits per heavy atom. The Morgan fingerprint density at radius 2 is 2.05 bits per heavy atom. The van der Waals surface area contributed by atoms with Crippen LogP contribution in [0.4, 0.5) is 0 Å². The van der Waals surface area contributed by atoms with Crippen LogP contribution < -0.4 is 15.0 Å². The maximum absolute atomic E-state index is 12.1. The van der Waals surface area contributed by atoms with Gasteiger partial charge in [-0.3, -0.25) is 4.79 Å². The van der Waals surface area contributed by atoms with Gasteiger partial charge in [0.1, 0.15) is 5.75 Å². The second-order valence-corrected chi connectivity index (χ2v) is 6.06. The second-order valence-electron chi connectivity index (χ2n) is 4.29. The molecule has 0 bridgehead atoms. The Balaban J connectivity index is 2.09. The molecule has 0 radical (unpaired) electrons. The minimum atomic E-state index is -3.66. The lowest BCUT2D eigenvalue weighted by Gasteiger charge is -2.08. The van der Waals surface area contributed by atoms with Crippen molar-refractivity contribution < 1.29 is 13.2 Å². The lowest BCUT2D eigenvalue weighted by Crippen LogP contribution is -2.24. The second kappa shape index (κ2) is 6.55. The van der Waals surface area contributed by atoms with Crippen molar-refractivity contribution in [3.05, 3.63) is 58.5 Å². The summed E-state index contributed by atoms with van der Waals surface area (Å²) in [4.78, 5) is 13.3. The third-order valence-corrected chi connectivity index (χ3v) is 4.14. The van der Waals surface area contributed by atoms with Crippen LogP contribution in [0, 0.1) is 0 Å². The average molecular weight is 308 g/mol. The van der Waals surface area contributed by atoms with E-state index in [9.17, 15) is 13.2 Å². The van der Waals surface area contributed by atoms with Gasteiger partial charge in [0.25, 0.3) is 0 Å². The smallest absolute Gasteiger partial charge is 0.247 e. The van der Waals surface area contributed by atoms with Crippen molar-refractivity contribution in [1.82, 2.24) is 9.71 Å². The van der Waals surface area contributed by atoms with E-state index in [2.05, 4.69) is 9.71 Å². The zero-order chi connectivity index (χ0) is 15.3. The monoisotopic (exact) mass is 308 g/mol. The molecule has 2 rings (SSSR count). The standard InChI is InChI=1S/C14H16N2O4S/c1-2-20-12-5-3-4-11(8-12)9-16-21(18,19)13-6-7-14(17)15-10-13/h3-8,10,16H,2,9H2,1H3,(H,15,17). The number of benzene rings is 1. The van der Waals surface area contributed by atoms with Crippen molar-refractivity contribution in [2.24, 2.45) is 0 Å². The predicted molar refractivity (Wildman–Crippen MR) is 78.7 cm³/mol. The summed E-state index contributed by atoms with van der Waals surface area (Å²) >= 11 is 0. The Labute approximate surface area is 122 Å². The number of sulfonamides is 1. The molecule has 0 aliphatic rings. The quantitative estimate of drug-likeness (QED) is 0.840. The van der Waals surface area contributed by atoms with Gasteiger partial charge < -0.3 is 9.72 Å². The van der Waals surface area contributed by atoms with Gasteiger partial charge in [-0.15, -0.1) is 0 Å². The van der Waals surface area contributed by atoms with Crippen LogP contribution >= 0.6 is 0 Å². The molecule has 1 aromatic heterocycles. The Hall–Kier alpha value is -2.12. The molecule has 0 fully saturated rings. The van der Waals surface area contributed by atoms with E-state index in [0.717, 1.165) is 5.56 Å². The Morgan fingerprint density at radius 3 is 2.71 bits per heavy atom. The van der Waals surface area contributed by atoms with E-state index < -0.39 is 10.0 Å². The molecule has 2 N–H and O–H groups in total. The van der Waals surface area contributed by atoms with Gasteiger partial charge in [0.05, 0.1) is 11.5 Å². The topological polar surface area (TPSA) is 88.3 Å². The molecule has 0 saturated heterocycles. The molecule has 112 valence electrons. The van der Waals surface area contributed by atoms with E-state index in [1.807, 2.05) is 13.0 Å². The minimum Gasteiger partial charge on any atom is -0.494 e. The summed E-state index contributed by atoms with van der Waals surface area (Å²) in [5, 5.41) is 0. The number of hydrogen-bond acceptors (Lipinski definition) is 4. The molecule has 0 atom stereocenters. The molecule has 6 nitrogen and oxygen atoms in total. The van der Waals surface area contributed by atoms with Gasteiger partial charge >= 0.3 is 0 Å². The molecule has 0 spiro atoms. The van der Waals surface area contributed by atoms with Crippen LogP contribution in [-0.2, 0) is 16.6 Å². The summed E-state index contributed by atoms with van der Waals surface area (Å²) in [6.45, 7) is 2.57. The molecule has 7 heteroatoms. The number of aromatic amines is 1. The van der Waals surface area contributed by atoms with Crippen LogP contribution in [-0.4, -0.2) is 20.0 Å². The molecule has 0 unspecified atom stereocenters. The van der Waals surface area contributed by atoms with Gasteiger partial charge in [-0.05, 0) is 30.7 Å². The third kappa shape index (κ3) is 4.17. The summed E-state index contributed by atoms with van der Waals surface area (Å²) in [5.74, 6) is 0.693. The van der Waals surface area contributed by atoms with Crippen molar-refractivity contribution in [2.45, 2.75) is 18.4 Å². The predicted octanol–water partition coefficient (Wildman–Crippen LogP) is 1.25. The molecular formula is C14H16N2O4S. The number of hydrogen-bond donors (Lipinski definition) is 2. The van der Waals surface area contributed by atoms with Crippen molar-refractivity contribution in [3.63, 3.8) is 0 Å². The fraction of sp³-hybridized carbons (Fsp3) is 0.214. The van der Waals surface area contributed by atoms with E-state index in [1.165, 1.54) is 18.3 Å². The van der Waals surface area contributed by atoms with Crippen LogP contribution in [0.5, 0.6) is 5.75 Å². The zero-order valence-corrected chi connectivity index (χ0v) is 12.3. The van der Waals surface area contributed by atoms with Crippen LogP contribution in [0.15, 0.2) is 52.3 Å². The van der Waals surface area contributed by atoms with E-state index in [4.69, 9.17) is 4.74 Å². The number of aromatic nitrogens is 1. The lowest BCUT2D eigenvalue weighted by atomic mass is 10.2. The first-order valence-electron chi connectivity index (χ1n) is 6.41. The molecule has 1 aromatic carbocycles. The fourth-order valence-corrected chi connectivity index (χ4v) is 2.72. The molecule has 1 heterocycles. The summed E-state index contributed by atoms with van der Waals surface area (Å²) in [5.41, 5.74) is 0.437. The van der Waals surface area contributed by atoms with Gasteiger partial charge in [-0.1, -0.05) is 12.1 Å². The normalized spacial score (nSPS) is 11.3. The number of ether oxygens (including phenoxy) is 1. The van der Waals surface area contributed by atoms with E-state index in [0.29, 0.717) is 12.4 Å². The van der Waals surface area contributed by atoms with Crippen LogP contribution in [0.3, 0.4) is 0 Å². The van der Waals surface area contributed by atoms with Crippen molar-refractivity contribution >= 4 is 10.0 Å². The highest BCUT2D eigenvalue weighted by molar-refractivity contribution is 7.89. The number of rotatable bonds is 6. The minimum absolute atomic E-state index is 0.0167. The van der Waals surface area contributed by atoms with Crippen molar-refractivity contribution in [2.75, 3.05) is 6.61 Å². The van der Waals surface area contributed by atoms with Crippen LogP contribution in [0.1, 0.15) is 12.5 Å². The van der Waals surface area contributed by atoms with Crippen molar-refractivity contribution in [3.8, 4) is 5.75 Å². The molecule has 0 saturated carbocycles. The maximum atomic E-state index is 12.1. The maximum Gasteiger partial charge on any atom is 0.247 e. The largest absolute Gasteiger partial charge is 0.494 e. The first-order chi connectivity index (χ1) is 10.0. The van der Waals surface area contributed by atoms with Gasteiger partial charge in [0.15, 0.2) is 0 Å². The van der Waals surface area contributed by atoms with Gasteiger partial charge in [-0.2, -0.15) is 0 Å². The summed E-state index contributed by atoms with van der Waals surface area (Å²) in [6, 6.07) is 9.62. The Bertz CT molecular complexity index is 748. The number of H-pyrrole nitrogens is 1. The highest BCUT2D eigenvalue weighted by Gasteiger charge is 2.13. The van der Waals surface area contributed by atoms with E-state index in [1.54, 1.807) is 18.2 Å². The lowest BCUT2D eigenvalue weighted by molar-refractivity contribution is 0.340. The Kier molecular flexibility index (Phi) is 4.77. The number of nitrogens with one attached hydrogen (secondary N) is 2. The molecular weight excluding hydrogens is 292 g/mol. The molecule has 0 amide bonds. The molecule has 2 aromatic rings. The molecule has 21 heavy (non-hydrogen) atoms. The van der Waals surface area contributed by atoms with Gasteiger partial charge in [0, 0.05) is 18.8 Å². The highest BCUT2D eigenvalue weighted by Crippen LogP contribution is 2.14. The highest BCUT2D eigenvalue weighted by atomic mass is 32.2. The molecule has 0 aliphatic heterocycles. The first kappa shape index (κ1) is 15.3. The summed E-state index contributed by atoms with van der Waals surface area (Å²) in [6.07, 6.45) is 1.17. The van der Waals surface area contributed by atoms with E-state index >= 15 is 0 Å². The molecule has 0 aliphatic carbocycles. The zero-order valence-electron chi connectivity index (χ0n) is 11.5. The van der Waals surface area contributed by atoms with E-state index in [-0.39, 0.29) is 17.0 Å². The summed E-state index contributed by atoms with van der Waals surface area (Å²) in [7, 11) is -3.66. The average Bonchev–Trinajstić information content (AvgIpc) is 2.47. The summed E-state index contributed by atoms with van der Waals surface area (Å²) < 4.78 is 32.0. The van der Waals surface area contributed by atoms with Crippen LogP contribution in [0.2, 0.25) is 0 Å². The SMILES string of the molecule is CCOc1cccc(CNS(=O)(=O)c2ccc(=O)[nH]c2)c1. The first-order valence-corrected chi connectivity index (χ1v) is 7.90. The fourth-order valence-electron chi connectivity index (χ4n) is 1.74. The van der Waals surface area contributed by atoms with Gasteiger partial charge in [0.2, 0.25) is 15.6 Å². The third-order valence-electron chi connectivity index (χ3n) is 2.74. The van der Waals surface area contributed by atoms with Gasteiger partial charge in [-0.25, -0.2) is 13.1 Å². The number of pyridine rings is 1. The van der Waals surface area contributed by atoms with Crippen LogP contribution in [0.25, 0.3) is 0 Å². The van der Waals surface area contributed by atoms with Crippen molar-refractivity contribution in [1.29, 1.82) is 0 Å².